The second-order valence-corrected chi connectivity index (χ2v) is 7.56. The number of aromatic amines is 1. The number of rotatable bonds is 6. The lowest BCUT2D eigenvalue weighted by atomic mass is 10.1. The fourth-order valence-corrected chi connectivity index (χ4v) is 4.04. The van der Waals surface area contributed by atoms with Crippen LogP contribution in [0, 0.1) is 5.41 Å². The molecule has 5 nitrogen and oxygen atoms in total. The van der Waals surface area contributed by atoms with Gasteiger partial charge in [0, 0.05) is 35.9 Å². The van der Waals surface area contributed by atoms with Crippen LogP contribution in [0.3, 0.4) is 0 Å². The van der Waals surface area contributed by atoms with Gasteiger partial charge in [0.2, 0.25) is 0 Å². The molecule has 0 amide bonds. The molecule has 0 spiro atoms. The largest absolute Gasteiger partial charge is 0.379 e. The SMILES string of the molecule is Cl.N=C(Nc1ccc2[nH]cc(CCCN3CCOCC3)c2c1)c1cccs1. The zero-order valence-corrected chi connectivity index (χ0v) is 16.8. The van der Waals surface area contributed by atoms with Gasteiger partial charge in [-0.2, -0.15) is 0 Å². The third-order valence-electron chi connectivity index (χ3n) is 4.83. The lowest BCUT2D eigenvalue weighted by Crippen LogP contribution is -2.36. The number of morpholine rings is 1. The van der Waals surface area contributed by atoms with Crippen molar-refractivity contribution in [3.63, 3.8) is 0 Å². The predicted molar refractivity (Wildman–Crippen MR) is 116 cm³/mol. The Bertz CT molecular complexity index is 871. The van der Waals surface area contributed by atoms with Gasteiger partial charge >= 0.3 is 0 Å². The van der Waals surface area contributed by atoms with E-state index in [1.54, 1.807) is 11.3 Å². The first kappa shape index (κ1) is 19.9. The van der Waals surface area contributed by atoms with Crippen LogP contribution in [0.15, 0.2) is 41.9 Å². The Hall–Kier alpha value is -1.86. The van der Waals surface area contributed by atoms with Crippen molar-refractivity contribution in [2.75, 3.05) is 38.2 Å². The van der Waals surface area contributed by atoms with E-state index >= 15 is 0 Å². The average molecular weight is 405 g/mol. The van der Waals surface area contributed by atoms with Crippen molar-refractivity contribution < 1.29 is 4.74 Å². The molecule has 2 aromatic heterocycles. The van der Waals surface area contributed by atoms with Crippen LogP contribution in [-0.4, -0.2) is 48.6 Å². The van der Waals surface area contributed by atoms with Crippen molar-refractivity contribution in [3.05, 3.63) is 52.3 Å². The number of nitrogens with zero attached hydrogens (tertiary/aromatic N) is 1. The standard InChI is InChI=1S/C20H24N4OS.ClH/c21-20(19-4-2-12-26-19)23-16-5-6-18-17(13-16)15(14-22-18)3-1-7-24-8-10-25-11-9-24;/h2,4-6,12-14,22H,1,3,7-11H2,(H2,21,23);1H. The molecule has 0 radical (unpaired) electrons. The number of H-pyrrole nitrogens is 1. The summed E-state index contributed by atoms with van der Waals surface area (Å²) >= 11 is 1.58. The molecule has 0 atom stereocenters. The van der Waals surface area contributed by atoms with Crippen molar-refractivity contribution in [1.82, 2.24) is 9.88 Å². The third kappa shape index (κ3) is 4.90. The first-order valence-electron chi connectivity index (χ1n) is 9.09. The van der Waals surface area contributed by atoms with Crippen LogP contribution >= 0.6 is 23.7 Å². The fraction of sp³-hybridized carbons (Fsp3) is 0.350. The van der Waals surface area contributed by atoms with Crippen LogP contribution in [0.2, 0.25) is 0 Å². The van der Waals surface area contributed by atoms with Gasteiger partial charge in [-0.15, -0.1) is 23.7 Å². The summed E-state index contributed by atoms with van der Waals surface area (Å²) in [6.45, 7) is 4.94. The van der Waals surface area contributed by atoms with Gasteiger partial charge < -0.3 is 15.0 Å². The van der Waals surface area contributed by atoms with Gasteiger partial charge in [0.05, 0.1) is 18.1 Å². The Kier molecular flexibility index (Phi) is 6.90. The number of hydrogen-bond donors (Lipinski definition) is 3. The van der Waals surface area contributed by atoms with Crippen LogP contribution < -0.4 is 5.32 Å². The van der Waals surface area contributed by atoms with Gasteiger partial charge in [0.1, 0.15) is 5.84 Å². The highest BCUT2D eigenvalue weighted by atomic mass is 35.5. The van der Waals surface area contributed by atoms with Crippen molar-refractivity contribution in [1.29, 1.82) is 5.41 Å². The van der Waals surface area contributed by atoms with Crippen LogP contribution in [0.1, 0.15) is 16.9 Å². The van der Waals surface area contributed by atoms with E-state index in [2.05, 4.69) is 33.5 Å². The fourth-order valence-electron chi connectivity index (χ4n) is 3.41. The number of amidine groups is 1. The topological polar surface area (TPSA) is 64.1 Å². The molecule has 1 aromatic carbocycles. The summed E-state index contributed by atoms with van der Waals surface area (Å²) in [6.07, 6.45) is 4.33. The maximum Gasteiger partial charge on any atom is 0.140 e. The molecule has 0 bridgehead atoms. The molecule has 3 aromatic rings. The van der Waals surface area contributed by atoms with Gasteiger partial charge in [-0.1, -0.05) is 6.07 Å². The molecule has 0 unspecified atom stereocenters. The maximum atomic E-state index is 8.21. The molecule has 0 aliphatic carbocycles. The monoisotopic (exact) mass is 404 g/mol. The van der Waals surface area contributed by atoms with Gasteiger partial charge in [0.15, 0.2) is 0 Å². The number of aromatic nitrogens is 1. The van der Waals surface area contributed by atoms with Gasteiger partial charge in [-0.05, 0) is 54.6 Å². The molecule has 1 fully saturated rings. The Morgan fingerprint density at radius 1 is 1.26 bits per heavy atom. The van der Waals surface area contributed by atoms with E-state index in [0.29, 0.717) is 5.84 Å². The van der Waals surface area contributed by atoms with Gasteiger partial charge in [-0.25, -0.2) is 0 Å². The number of fused-ring (bicyclic) bond motifs is 1. The lowest BCUT2D eigenvalue weighted by Gasteiger charge is -2.26. The number of anilines is 1. The van der Waals surface area contributed by atoms with E-state index < -0.39 is 0 Å². The zero-order chi connectivity index (χ0) is 17.8. The average Bonchev–Trinajstić information content (AvgIpc) is 3.33. The first-order chi connectivity index (χ1) is 12.8. The zero-order valence-electron chi connectivity index (χ0n) is 15.2. The minimum atomic E-state index is 0. The number of benzene rings is 1. The van der Waals surface area contributed by atoms with Crippen LogP contribution in [0.4, 0.5) is 5.69 Å². The highest BCUT2D eigenvalue weighted by molar-refractivity contribution is 7.12. The molecule has 0 saturated carbocycles. The van der Waals surface area contributed by atoms with Crippen molar-refractivity contribution >= 4 is 46.2 Å². The van der Waals surface area contributed by atoms with Crippen molar-refractivity contribution in [2.24, 2.45) is 0 Å². The Morgan fingerprint density at radius 3 is 2.89 bits per heavy atom. The van der Waals surface area contributed by atoms with E-state index in [4.69, 9.17) is 10.1 Å². The normalized spacial score (nSPS) is 14.8. The van der Waals surface area contributed by atoms with E-state index in [1.807, 2.05) is 23.6 Å². The quantitative estimate of drug-likeness (QED) is 0.422. The number of ether oxygens (including phenoxy) is 1. The maximum absolute atomic E-state index is 8.21. The molecule has 1 aliphatic heterocycles. The first-order valence-corrected chi connectivity index (χ1v) is 9.97. The molecule has 1 aliphatic rings. The minimum absolute atomic E-state index is 0. The number of hydrogen-bond acceptors (Lipinski definition) is 4. The highest BCUT2D eigenvalue weighted by Gasteiger charge is 2.11. The Morgan fingerprint density at radius 2 is 2.11 bits per heavy atom. The lowest BCUT2D eigenvalue weighted by molar-refractivity contribution is 0.0375. The summed E-state index contributed by atoms with van der Waals surface area (Å²) in [7, 11) is 0. The van der Waals surface area contributed by atoms with E-state index in [9.17, 15) is 0 Å². The number of nitrogens with one attached hydrogen (secondary N) is 3. The summed E-state index contributed by atoms with van der Waals surface area (Å²) < 4.78 is 5.41. The molecule has 1 saturated heterocycles. The minimum Gasteiger partial charge on any atom is -0.379 e. The molecule has 3 heterocycles. The van der Waals surface area contributed by atoms with Crippen LogP contribution in [0.5, 0.6) is 0 Å². The third-order valence-corrected chi connectivity index (χ3v) is 5.72. The highest BCUT2D eigenvalue weighted by Crippen LogP contribution is 2.24. The molecule has 4 rings (SSSR count). The second kappa shape index (κ2) is 9.37. The predicted octanol–water partition coefficient (Wildman–Crippen LogP) is 4.35. The van der Waals surface area contributed by atoms with E-state index in [0.717, 1.165) is 61.8 Å². The molecule has 3 N–H and O–H groups in total. The summed E-state index contributed by atoms with van der Waals surface area (Å²) in [4.78, 5) is 6.80. The Labute approximate surface area is 169 Å². The van der Waals surface area contributed by atoms with Gasteiger partial charge in [-0.3, -0.25) is 10.3 Å². The van der Waals surface area contributed by atoms with Gasteiger partial charge in [0.25, 0.3) is 0 Å². The molecule has 27 heavy (non-hydrogen) atoms. The number of aryl methyl sites for hydroxylation is 1. The Balaban J connectivity index is 0.00000210. The van der Waals surface area contributed by atoms with Crippen molar-refractivity contribution in [2.45, 2.75) is 12.8 Å². The number of halogens is 1. The molecule has 144 valence electrons. The molecule has 7 heteroatoms. The summed E-state index contributed by atoms with van der Waals surface area (Å²) in [5, 5.41) is 14.7. The summed E-state index contributed by atoms with van der Waals surface area (Å²) in [6, 6.07) is 10.2. The van der Waals surface area contributed by atoms with E-state index in [1.165, 1.54) is 10.9 Å². The summed E-state index contributed by atoms with van der Waals surface area (Å²) in [5.74, 6) is 0.448. The smallest absolute Gasteiger partial charge is 0.140 e. The summed E-state index contributed by atoms with van der Waals surface area (Å²) in [5.41, 5.74) is 3.46. The molecular weight excluding hydrogens is 380 g/mol. The van der Waals surface area contributed by atoms with Crippen molar-refractivity contribution in [3.8, 4) is 0 Å². The number of thiophene rings is 1. The van der Waals surface area contributed by atoms with E-state index in [-0.39, 0.29) is 12.4 Å². The molecular formula is C20H25ClN4OS. The van der Waals surface area contributed by atoms with Crippen LogP contribution in [0.25, 0.3) is 10.9 Å². The second-order valence-electron chi connectivity index (χ2n) is 6.61. The van der Waals surface area contributed by atoms with Crippen LogP contribution in [-0.2, 0) is 11.2 Å².